The van der Waals surface area contributed by atoms with Gasteiger partial charge >= 0.3 is 0 Å². The van der Waals surface area contributed by atoms with Crippen molar-refractivity contribution in [2.75, 3.05) is 19.3 Å². The van der Waals surface area contributed by atoms with Gasteiger partial charge in [0.25, 0.3) is 0 Å². The first-order valence-corrected chi connectivity index (χ1v) is 10.2. The Labute approximate surface area is 158 Å². The van der Waals surface area contributed by atoms with E-state index in [1.807, 2.05) is 44.5 Å². The molecule has 1 atom stereocenters. The molecule has 134 valence electrons. The number of benzene rings is 1. The molecule has 1 aliphatic rings. The third kappa shape index (κ3) is 4.10. The van der Waals surface area contributed by atoms with Crippen molar-refractivity contribution in [3.63, 3.8) is 0 Å². The Hall–Kier alpha value is -1.30. The number of aryl methyl sites for hydroxylation is 2. The zero-order valence-electron chi connectivity index (χ0n) is 15.0. The molecule has 0 aliphatic carbocycles. The summed E-state index contributed by atoms with van der Waals surface area (Å²) in [5.41, 5.74) is 2.86. The summed E-state index contributed by atoms with van der Waals surface area (Å²) >= 11 is 8.05. The van der Waals surface area contributed by atoms with E-state index in [4.69, 9.17) is 11.6 Å². The Morgan fingerprint density at radius 1 is 1.36 bits per heavy atom. The molecule has 4 nitrogen and oxygen atoms in total. The summed E-state index contributed by atoms with van der Waals surface area (Å²) in [7, 11) is 1.86. The monoisotopic (exact) mass is 377 g/mol. The van der Waals surface area contributed by atoms with Gasteiger partial charge in [-0.25, -0.2) is 0 Å². The summed E-state index contributed by atoms with van der Waals surface area (Å²) in [5.74, 6) is 0.316. The summed E-state index contributed by atoms with van der Waals surface area (Å²) in [4.78, 5) is 16.4. The smallest absolute Gasteiger partial charge is 0.167 e. The van der Waals surface area contributed by atoms with Crippen LogP contribution in [-0.2, 0) is 13.6 Å². The van der Waals surface area contributed by atoms with Crippen molar-refractivity contribution < 1.29 is 4.79 Å². The molecule has 0 radical (unpaired) electrons. The summed E-state index contributed by atoms with van der Waals surface area (Å²) in [6.07, 6.45) is 4.04. The topological polar surface area (TPSA) is 38.1 Å². The Balaban J connectivity index is 1.68. The number of carbonyl (C=O) groups excluding carboxylic acids is 1. The number of halogens is 1. The molecule has 0 bridgehead atoms. The summed E-state index contributed by atoms with van der Waals surface area (Å²) in [5, 5.41) is 5.08. The first-order chi connectivity index (χ1) is 12.0. The van der Waals surface area contributed by atoms with Crippen molar-refractivity contribution in [2.24, 2.45) is 13.0 Å². The van der Waals surface area contributed by atoms with Gasteiger partial charge in [-0.1, -0.05) is 23.7 Å². The van der Waals surface area contributed by atoms with Gasteiger partial charge in [0.15, 0.2) is 5.78 Å². The molecule has 2 aromatic rings. The van der Waals surface area contributed by atoms with E-state index < -0.39 is 0 Å². The van der Waals surface area contributed by atoms with Crippen LogP contribution >= 0.6 is 23.4 Å². The lowest BCUT2D eigenvalue weighted by atomic mass is 9.90. The van der Waals surface area contributed by atoms with Gasteiger partial charge in [-0.3, -0.25) is 14.4 Å². The molecule has 1 aromatic heterocycles. The second-order valence-corrected chi connectivity index (χ2v) is 7.88. The number of piperidine rings is 1. The van der Waals surface area contributed by atoms with Crippen molar-refractivity contribution in [3.05, 3.63) is 46.2 Å². The second-order valence-electron chi connectivity index (χ2n) is 6.65. The third-order valence-corrected chi connectivity index (χ3v) is 6.12. The minimum Gasteiger partial charge on any atom is -0.298 e. The van der Waals surface area contributed by atoms with Gasteiger partial charge in [0.1, 0.15) is 5.15 Å². The van der Waals surface area contributed by atoms with Crippen LogP contribution in [0.5, 0.6) is 0 Å². The van der Waals surface area contributed by atoms with E-state index in [1.165, 1.54) is 4.90 Å². The summed E-state index contributed by atoms with van der Waals surface area (Å²) < 4.78 is 1.71. The normalized spacial score (nSPS) is 18.5. The van der Waals surface area contributed by atoms with Crippen LogP contribution in [0.2, 0.25) is 5.15 Å². The highest BCUT2D eigenvalue weighted by Crippen LogP contribution is 2.26. The van der Waals surface area contributed by atoms with E-state index >= 15 is 0 Å². The quantitative estimate of drug-likeness (QED) is 0.578. The largest absolute Gasteiger partial charge is 0.298 e. The van der Waals surface area contributed by atoms with Gasteiger partial charge < -0.3 is 0 Å². The number of carbonyl (C=O) groups is 1. The average Bonchev–Trinajstić information content (AvgIpc) is 2.87. The summed E-state index contributed by atoms with van der Waals surface area (Å²) in [6, 6.07) is 7.96. The molecule has 1 aliphatic heterocycles. The lowest BCUT2D eigenvalue weighted by Gasteiger charge is -2.32. The molecule has 3 rings (SSSR count). The minimum atomic E-state index is 0.0598. The molecule has 6 heteroatoms. The molecule has 1 aromatic carbocycles. The van der Waals surface area contributed by atoms with E-state index in [-0.39, 0.29) is 11.7 Å². The van der Waals surface area contributed by atoms with Crippen LogP contribution in [-0.4, -0.2) is 39.8 Å². The standard InChI is InChI=1S/C19H24ClN3OS/c1-13-17(19(20)22(2)21-13)12-23-10-4-5-15(11-23)18(24)14-6-8-16(25-3)9-7-14/h6-9,15H,4-5,10-12H2,1-3H3. The van der Waals surface area contributed by atoms with Gasteiger partial charge in [0.2, 0.25) is 0 Å². The molecule has 0 spiro atoms. The van der Waals surface area contributed by atoms with Crippen molar-refractivity contribution in [2.45, 2.75) is 31.2 Å². The number of aromatic nitrogens is 2. The highest BCUT2D eigenvalue weighted by atomic mass is 35.5. The Morgan fingerprint density at radius 3 is 2.68 bits per heavy atom. The Morgan fingerprint density at radius 2 is 2.08 bits per heavy atom. The van der Waals surface area contributed by atoms with Crippen LogP contribution in [0.4, 0.5) is 0 Å². The van der Waals surface area contributed by atoms with Gasteiger partial charge in [-0.15, -0.1) is 11.8 Å². The van der Waals surface area contributed by atoms with Crippen molar-refractivity contribution in [1.82, 2.24) is 14.7 Å². The SMILES string of the molecule is CSc1ccc(C(=O)C2CCCN(Cc3c(C)nn(C)c3Cl)C2)cc1. The van der Waals surface area contributed by atoms with E-state index in [2.05, 4.69) is 10.00 Å². The Bertz CT molecular complexity index is 757. The van der Waals surface area contributed by atoms with Crippen LogP contribution in [0.1, 0.15) is 34.5 Å². The molecular formula is C19H24ClN3OS. The van der Waals surface area contributed by atoms with E-state index in [0.717, 1.165) is 49.3 Å². The number of thioether (sulfide) groups is 1. The molecule has 25 heavy (non-hydrogen) atoms. The van der Waals surface area contributed by atoms with Crippen LogP contribution in [0, 0.1) is 12.8 Å². The third-order valence-electron chi connectivity index (χ3n) is 4.90. The number of hydrogen-bond acceptors (Lipinski definition) is 4. The molecule has 0 N–H and O–H groups in total. The number of Topliss-reactive ketones (excluding diaryl/α,β-unsaturated/α-hetero) is 1. The zero-order valence-corrected chi connectivity index (χ0v) is 16.5. The molecule has 2 heterocycles. The first kappa shape index (κ1) is 18.5. The van der Waals surface area contributed by atoms with Crippen molar-refractivity contribution in [1.29, 1.82) is 0 Å². The summed E-state index contributed by atoms with van der Waals surface area (Å²) in [6.45, 7) is 4.53. The van der Waals surface area contributed by atoms with E-state index in [1.54, 1.807) is 16.4 Å². The fourth-order valence-electron chi connectivity index (χ4n) is 3.48. The fraction of sp³-hybridized carbons (Fsp3) is 0.474. The lowest BCUT2D eigenvalue weighted by Crippen LogP contribution is -2.38. The zero-order chi connectivity index (χ0) is 18.0. The molecule has 1 unspecified atom stereocenters. The molecule has 0 saturated carbocycles. The number of likely N-dealkylation sites (tertiary alicyclic amines) is 1. The highest BCUT2D eigenvalue weighted by molar-refractivity contribution is 7.98. The van der Waals surface area contributed by atoms with Crippen LogP contribution in [0.3, 0.4) is 0 Å². The number of ketones is 1. The maximum absolute atomic E-state index is 12.9. The fourth-order valence-corrected chi connectivity index (χ4v) is 4.12. The average molecular weight is 378 g/mol. The van der Waals surface area contributed by atoms with Crippen molar-refractivity contribution in [3.8, 4) is 0 Å². The van der Waals surface area contributed by atoms with Crippen molar-refractivity contribution >= 4 is 29.1 Å². The van der Waals surface area contributed by atoms with E-state index in [0.29, 0.717) is 5.15 Å². The van der Waals surface area contributed by atoms with Crippen LogP contribution < -0.4 is 0 Å². The maximum Gasteiger partial charge on any atom is 0.167 e. The molecular weight excluding hydrogens is 354 g/mol. The molecule has 1 fully saturated rings. The van der Waals surface area contributed by atoms with Crippen LogP contribution in [0.25, 0.3) is 0 Å². The van der Waals surface area contributed by atoms with Crippen LogP contribution in [0.15, 0.2) is 29.2 Å². The first-order valence-electron chi connectivity index (χ1n) is 8.58. The van der Waals surface area contributed by atoms with E-state index in [9.17, 15) is 4.79 Å². The second kappa shape index (κ2) is 7.94. The molecule has 1 saturated heterocycles. The highest BCUT2D eigenvalue weighted by Gasteiger charge is 2.27. The number of nitrogens with zero attached hydrogens (tertiary/aromatic N) is 3. The Kier molecular flexibility index (Phi) is 5.87. The van der Waals surface area contributed by atoms with Gasteiger partial charge in [-0.05, 0) is 44.7 Å². The van der Waals surface area contributed by atoms with Gasteiger partial charge in [-0.2, -0.15) is 5.10 Å². The predicted molar refractivity (Wildman–Crippen MR) is 104 cm³/mol. The number of rotatable bonds is 5. The predicted octanol–water partition coefficient (Wildman–Crippen LogP) is 4.20. The maximum atomic E-state index is 12.9. The lowest BCUT2D eigenvalue weighted by molar-refractivity contribution is 0.0811. The van der Waals surface area contributed by atoms with Gasteiger partial charge in [0, 0.05) is 42.1 Å². The minimum absolute atomic E-state index is 0.0598. The number of hydrogen-bond donors (Lipinski definition) is 0. The molecule has 0 amide bonds. The van der Waals surface area contributed by atoms with Gasteiger partial charge in [0.05, 0.1) is 5.69 Å².